The first-order valence-corrected chi connectivity index (χ1v) is 15.8. The first-order valence-electron chi connectivity index (χ1n) is 15.8. The zero-order valence-electron chi connectivity index (χ0n) is 24.5. The van der Waals surface area contributed by atoms with Crippen molar-refractivity contribution in [3.05, 3.63) is 23.8 Å². The summed E-state index contributed by atoms with van der Waals surface area (Å²) in [5.74, 6) is -0.287. The minimum atomic E-state index is -2.05. The Morgan fingerprint density at radius 2 is 1.68 bits per heavy atom. The number of halogens is 1. The Bertz CT molecular complexity index is 1220. The summed E-state index contributed by atoms with van der Waals surface area (Å²) < 4.78 is 23.5. The highest BCUT2D eigenvalue weighted by molar-refractivity contribution is 6.01. The largest absolute Gasteiger partial charge is 0.432 e. The fourth-order valence-corrected chi connectivity index (χ4v) is 11.6. The number of aliphatic hydroxyl groups is 2. The van der Waals surface area contributed by atoms with E-state index in [2.05, 4.69) is 5.32 Å². The van der Waals surface area contributed by atoms with E-state index in [0.717, 1.165) is 19.3 Å². The number of carbonyl (C=O) groups is 3. The fourth-order valence-electron chi connectivity index (χ4n) is 11.6. The van der Waals surface area contributed by atoms with Crippen LogP contribution in [0.3, 0.4) is 0 Å². The highest BCUT2D eigenvalue weighted by Crippen LogP contribution is 2.67. The van der Waals surface area contributed by atoms with Crippen molar-refractivity contribution >= 4 is 17.7 Å². The number of hydrogen-bond donors (Lipinski definition) is 3. The van der Waals surface area contributed by atoms with Crippen molar-refractivity contribution in [1.29, 1.82) is 0 Å². The lowest BCUT2D eigenvalue weighted by Gasteiger charge is -2.65. The average molecular weight is 570 g/mol. The third-order valence-electron chi connectivity index (χ3n) is 13.3. The number of ketones is 2. The van der Waals surface area contributed by atoms with E-state index in [1.807, 2.05) is 6.92 Å². The molecule has 0 heterocycles. The van der Waals surface area contributed by atoms with Gasteiger partial charge >= 0.3 is 6.09 Å². The molecule has 1 amide bonds. The Labute approximate surface area is 241 Å². The Balaban J connectivity index is 1.17. The van der Waals surface area contributed by atoms with E-state index < -0.39 is 64.4 Å². The van der Waals surface area contributed by atoms with Gasteiger partial charge in [0.25, 0.3) is 0 Å². The van der Waals surface area contributed by atoms with Gasteiger partial charge in [-0.15, -0.1) is 0 Å². The second kappa shape index (κ2) is 8.75. The lowest BCUT2D eigenvalue weighted by molar-refractivity contribution is -0.226. The molecule has 0 spiro atoms. The van der Waals surface area contributed by atoms with Crippen LogP contribution in [0.25, 0.3) is 0 Å². The van der Waals surface area contributed by atoms with Gasteiger partial charge < -0.3 is 20.3 Å². The number of alkyl carbamates (subject to hydrolysis) is 1. The van der Waals surface area contributed by atoms with E-state index >= 15 is 4.39 Å². The van der Waals surface area contributed by atoms with Crippen molar-refractivity contribution in [1.82, 2.24) is 5.32 Å². The van der Waals surface area contributed by atoms with Gasteiger partial charge in [0, 0.05) is 28.2 Å². The van der Waals surface area contributed by atoms with Gasteiger partial charge in [0.15, 0.2) is 22.8 Å². The zero-order chi connectivity index (χ0) is 29.2. The Hall–Kier alpha value is -2.06. The second-order valence-corrected chi connectivity index (χ2v) is 15.5. The predicted octanol–water partition coefficient (Wildman–Crippen LogP) is 4.60. The highest BCUT2D eigenvalue weighted by atomic mass is 19.1. The fraction of sp³-hybridized carbons (Fsp3) is 0.788. The van der Waals surface area contributed by atoms with Crippen LogP contribution < -0.4 is 5.32 Å². The van der Waals surface area contributed by atoms with Gasteiger partial charge in [-0.2, -0.15) is 0 Å². The predicted molar refractivity (Wildman–Crippen MR) is 148 cm³/mol. The topological polar surface area (TPSA) is 113 Å². The summed E-state index contributed by atoms with van der Waals surface area (Å²) in [6.45, 7) is 4.67. The number of fused-ring (bicyclic) bond motifs is 5. The van der Waals surface area contributed by atoms with Crippen LogP contribution >= 0.6 is 0 Å². The molecule has 0 aromatic carbocycles. The number of ether oxygens (including phenoxy) is 1. The maximum atomic E-state index is 17.4. The maximum Gasteiger partial charge on any atom is 0.408 e. The van der Waals surface area contributed by atoms with E-state index in [4.69, 9.17) is 4.74 Å². The van der Waals surface area contributed by atoms with Gasteiger partial charge in [-0.3, -0.25) is 9.59 Å². The normalized spacial score (nSPS) is 53.2. The van der Waals surface area contributed by atoms with Gasteiger partial charge in [0.1, 0.15) is 0 Å². The molecule has 224 valence electrons. The molecule has 8 rings (SSSR count). The molecular formula is C33H44FNO6. The van der Waals surface area contributed by atoms with Crippen LogP contribution in [0.5, 0.6) is 0 Å². The summed E-state index contributed by atoms with van der Waals surface area (Å²) in [5, 5.41) is 25.4. The second-order valence-electron chi connectivity index (χ2n) is 15.5. The Kier molecular flexibility index (Phi) is 5.92. The zero-order valence-corrected chi connectivity index (χ0v) is 24.5. The van der Waals surface area contributed by atoms with Crippen LogP contribution in [-0.2, 0) is 14.3 Å². The molecule has 0 unspecified atom stereocenters. The van der Waals surface area contributed by atoms with Crippen LogP contribution in [0.2, 0.25) is 0 Å². The molecule has 0 aliphatic heterocycles. The molecule has 0 saturated heterocycles. The van der Waals surface area contributed by atoms with Gasteiger partial charge in [-0.25, -0.2) is 9.18 Å². The van der Waals surface area contributed by atoms with Crippen molar-refractivity contribution in [3.8, 4) is 0 Å². The molecule has 8 aliphatic carbocycles. The van der Waals surface area contributed by atoms with E-state index in [-0.39, 0.29) is 17.7 Å². The molecule has 4 bridgehead atoms. The molecule has 0 radical (unpaired) electrons. The molecule has 7 fully saturated rings. The lowest BCUT2D eigenvalue weighted by Crippen LogP contribution is -2.73. The van der Waals surface area contributed by atoms with Crippen molar-refractivity contribution < 1.29 is 33.7 Å². The Morgan fingerprint density at radius 3 is 2.29 bits per heavy atom. The number of allylic oxidation sites excluding steroid dienone is 4. The van der Waals surface area contributed by atoms with Crippen LogP contribution in [0.1, 0.15) is 85.0 Å². The molecule has 7 saturated carbocycles. The molecule has 0 aromatic rings. The number of carbonyl (C=O) groups excluding carboxylic acids is 3. The quantitative estimate of drug-likeness (QED) is 0.458. The van der Waals surface area contributed by atoms with Crippen LogP contribution in [0.15, 0.2) is 23.8 Å². The number of hydrogen-bond acceptors (Lipinski definition) is 6. The molecule has 8 atom stereocenters. The summed E-state index contributed by atoms with van der Waals surface area (Å²) in [4.78, 5) is 40.1. The molecule has 8 heteroatoms. The SMILES string of the molecule is C[C@H]1C[C@H]2[C@@H]3CCC4=CC(=O)C=C[C@]4(C)[C@@]3(F)[C@@H](O)C[C@]2(C)C(=O)[C@]1(CO)OC(=O)NC12CC3CC(CC(C3)C1)C2. The van der Waals surface area contributed by atoms with Crippen molar-refractivity contribution in [2.24, 2.45) is 46.3 Å². The average Bonchev–Trinajstić information content (AvgIpc) is 2.89. The molecule has 41 heavy (non-hydrogen) atoms. The third kappa shape index (κ3) is 3.58. The van der Waals surface area contributed by atoms with Crippen LogP contribution in [0.4, 0.5) is 9.18 Å². The summed E-state index contributed by atoms with van der Waals surface area (Å²) in [7, 11) is 0. The van der Waals surface area contributed by atoms with Gasteiger partial charge in [0.05, 0.1) is 12.7 Å². The number of nitrogens with one attached hydrogen (secondary N) is 1. The number of alkyl halides is 1. The summed E-state index contributed by atoms with van der Waals surface area (Å²) >= 11 is 0. The molecule has 3 N–H and O–H groups in total. The molecule has 7 nitrogen and oxygen atoms in total. The first kappa shape index (κ1) is 27.8. The number of rotatable bonds is 3. The lowest BCUT2D eigenvalue weighted by atomic mass is 9.41. The number of amides is 1. The highest BCUT2D eigenvalue weighted by Gasteiger charge is 2.73. The maximum absolute atomic E-state index is 17.4. The minimum absolute atomic E-state index is 0.136. The van der Waals surface area contributed by atoms with Gasteiger partial charge in [-0.1, -0.05) is 25.5 Å². The monoisotopic (exact) mass is 569 g/mol. The smallest absolute Gasteiger partial charge is 0.408 e. The van der Waals surface area contributed by atoms with Crippen LogP contribution in [0, 0.1) is 46.3 Å². The Morgan fingerprint density at radius 1 is 1.05 bits per heavy atom. The minimum Gasteiger partial charge on any atom is -0.432 e. The van der Waals surface area contributed by atoms with E-state index in [1.165, 1.54) is 31.4 Å². The number of aliphatic hydroxyl groups excluding tert-OH is 2. The molecule has 8 aliphatic rings. The number of Topliss-reactive ketones (excluding diaryl/α,β-unsaturated/α-hetero) is 1. The van der Waals surface area contributed by atoms with E-state index in [1.54, 1.807) is 19.9 Å². The van der Waals surface area contributed by atoms with Crippen molar-refractivity contribution in [2.45, 2.75) is 108 Å². The molecular weight excluding hydrogens is 525 g/mol. The standard InChI is InChI=1S/C33H44FNO6/c1-18-8-25-24-5-4-22-12-23(37)6-7-30(22,3)33(24,34)26(38)16-29(25,2)27(39)32(18,17-36)41-28(40)35-31-13-19-9-20(14-31)11-21(10-19)15-31/h6-7,12,18-21,24-26,36,38H,4-5,8-11,13-17H2,1-3H3,(H,35,40)/t18-,19?,20?,21?,24-,25-,26-,29-,30-,31?,32+,33-/m0/s1. The third-order valence-corrected chi connectivity index (χ3v) is 13.3. The summed E-state index contributed by atoms with van der Waals surface area (Å²) in [6, 6.07) is 0. The van der Waals surface area contributed by atoms with Gasteiger partial charge in [-0.05, 0) is 107 Å². The van der Waals surface area contributed by atoms with Crippen molar-refractivity contribution in [2.75, 3.05) is 6.61 Å². The first-order chi connectivity index (χ1) is 19.3. The van der Waals surface area contributed by atoms with Crippen molar-refractivity contribution in [3.63, 3.8) is 0 Å². The van der Waals surface area contributed by atoms with Gasteiger partial charge in [0.2, 0.25) is 0 Å². The summed E-state index contributed by atoms with van der Waals surface area (Å²) in [5.41, 5.74) is -5.74. The van der Waals surface area contributed by atoms with Crippen LogP contribution in [-0.4, -0.2) is 57.4 Å². The van der Waals surface area contributed by atoms with E-state index in [0.29, 0.717) is 42.6 Å². The summed E-state index contributed by atoms with van der Waals surface area (Å²) in [6.07, 6.45) is 10.0. The molecule has 0 aromatic heterocycles. The van der Waals surface area contributed by atoms with E-state index in [9.17, 15) is 24.6 Å².